The molecule has 9 rings (SSSR count). The van der Waals surface area contributed by atoms with Gasteiger partial charge in [-0.15, -0.1) is 0 Å². The molecule has 406 valence electrons. The SMILES string of the molecule is COc1ccc(C(OC[C@H]2O[C@@H](n3cnc4cnc(NC(=O)CCCN(C)C(=O)OCC5c6ccccc6-c6ccccc65)nc43)C[C@H]2OP(OCCC#N)N(C(C)C)C(C)C)(c2ccccc2)c2ccc(OC)cc2)cc1. The van der Waals surface area contributed by atoms with Crippen LogP contribution in [0.3, 0.4) is 0 Å². The Morgan fingerprint density at radius 2 is 1.42 bits per heavy atom. The van der Waals surface area contributed by atoms with Gasteiger partial charge < -0.3 is 37.6 Å². The van der Waals surface area contributed by atoms with Crippen molar-refractivity contribution < 1.29 is 42.3 Å². The summed E-state index contributed by atoms with van der Waals surface area (Å²) < 4.78 is 49.1. The van der Waals surface area contributed by atoms with Crippen molar-refractivity contribution in [1.82, 2.24) is 29.1 Å². The van der Waals surface area contributed by atoms with Gasteiger partial charge in [-0.1, -0.05) is 103 Å². The summed E-state index contributed by atoms with van der Waals surface area (Å²) in [5.41, 5.74) is 6.96. The number of nitrogens with one attached hydrogen (secondary N) is 1. The van der Waals surface area contributed by atoms with Crippen molar-refractivity contribution in [2.75, 3.05) is 52.9 Å². The van der Waals surface area contributed by atoms with E-state index in [0.717, 1.165) is 38.9 Å². The molecule has 1 N–H and O–H groups in total. The van der Waals surface area contributed by atoms with Crippen molar-refractivity contribution in [2.24, 2.45) is 0 Å². The van der Waals surface area contributed by atoms with Gasteiger partial charge in [-0.2, -0.15) is 10.2 Å². The maximum atomic E-state index is 13.4. The molecule has 1 unspecified atom stereocenters. The molecule has 17 nitrogen and oxygen atoms in total. The zero-order valence-electron chi connectivity index (χ0n) is 45.2. The van der Waals surface area contributed by atoms with Crippen molar-refractivity contribution in [2.45, 2.75) is 95.4 Å². The molecule has 2 amide bonds. The molecule has 0 spiro atoms. The average molecular weight is 1080 g/mol. The Morgan fingerprint density at radius 3 is 2.03 bits per heavy atom. The molecular weight excluding hydrogens is 1010 g/mol. The number of imidazole rings is 1. The third-order valence-electron chi connectivity index (χ3n) is 14.1. The zero-order valence-corrected chi connectivity index (χ0v) is 46.0. The number of carbonyl (C=O) groups is 2. The smallest absolute Gasteiger partial charge is 0.409 e. The number of nitrogens with zero attached hydrogens (tertiary/aromatic N) is 7. The standard InChI is InChI=1S/C60H67N8O9P/c1-40(2)68(41(3)4)78(75-34-16-32-61)77-53-35-56(76-54(53)38-74-60(42-17-9-8-10-18-42,43-24-28-45(71-6)29-25-43)44-26-30-46(72-7)31-27-44)67-39-63-52-36-62-58(65-57(52)67)64-55(69)23-15-33-66(5)59(70)73-37-51-49-21-13-11-19-47(49)48-20-12-14-22-50(48)51/h8-14,17-22,24-31,36,39-41,51,53-54,56H,15-16,23,33-35,37-38H2,1-7H3,(H,62,64,65,69)/t53-,54-,56-,78?/m1/s1. The minimum Gasteiger partial charge on any atom is -0.497 e. The van der Waals surface area contributed by atoms with Crippen LogP contribution in [0.25, 0.3) is 22.3 Å². The molecule has 2 aliphatic rings. The normalized spacial score (nSPS) is 16.5. The lowest BCUT2D eigenvalue weighted by Crippen LogP contribution is -2.39. The first-order chi connectivity index (χ1) is 37.9. The molecule has 2 aromatic heterocycles. The van der Waals surface area contributed by atoms with E-state index in [1.807, 2.05) is 108 Å². The van der Waals surface area contributed by atoms with Gasteiger partial charge in [-0.05, 0) is 97.3 Å². The molecule has 1 fully saturated rings. The van der Waals surface area contributed by atoms with Crippen molar-refractivity contribution in [3.63, 3.8) is 0 Å². The van der Waals surface area contributed by atoms with Gasteiger partial charge in [0.1, 0.15) is 41.6 Å². The van der Waals surface area contributed by atoms with Crippen LogP contribution in [0.1, 0.15) is 93.3 Å². The Balaban J connectivity index is 0.933. The molecular formula is C60H67N8O9P. The summed E-state index contributed by atoms with van der Waals surface area (Å²) in [5, 5.41) is 12.4. The van der Waals surface area contributed by atoms with Gasteiger partial charge in [0.15, 0.2) is 5.65 Å². The van der Waals surface area contributed by atoms with Crippen molar-refractivity contribution >= 4 is 37.6 Å². The van der Waals surface area contributed by atoms with E-state index in [1.165, 1.54) is 4.90 Å². The van der Waals surface area contributed by atoms with Crippen LogP contribution in [-0.2, 0) is 33.7 Å². The molecule has 0 radical (unpaired) electrons. The number of rotatable bonds is 24. The summed E-state index contributed by atoms with van der Waals surface area (Å²) in [4.78, 5) is 42.0. The molecule has 1 aliphatic heterocycles. The molecule has 0 bridgehead atoms. The van der Waals surface area contributed by atoms with Gasteiger partial charge in [-0.3, -0.25) is 14.7 Å². The first-order valence-electron chi connectivity index (χ1n) is 26.4. The fourth-order valence-electron chi connectivity index (χ4n) is 10.4. The minimum absolute atomic E-state index is 0.0482. The molecule has 18 heteroatoms. The molecule has 5 aromatic carbocycles. The minimum atomic E-state index is -1.70. The lowest BCUT2D eigenvalue weighted by Gasteiger charge is -2.39. The molecule has 7 aromatic rings. The maximum Gasteiger partial charge on any atom is 0.409 e. The second-order valence-electron chi connectivity index (χ2n) is 19.8. The van der Waals surface area contributed by atoms with Gasteiger partial charge in [0.25, 0.3) is 8.53 Å². The number of anilines is 1. The molecule has 1 saturated heterocycles. The van der Waals surface area contributed by atoms with E-state index in [-0.39, 0.29) is 62.5 Å². The highest BCUT2D eigenvalue weighted by molar-refractivity contribution is 7.44. The topological polar surface area (TPSA) is 185 Å². The van der Waals surface area contributed by atoms with E-state index in [4.69, 9.17) is 37.7 Å². The number of hydrogen-bond acceptors (Lipinski definition) is 14. The summed E-state index contributed by atoms with van der Waals surface area (Å²) in [7, 11) is 3.24. The number of aromatic nitrogens is 4. The van der Waals surface area contributed by atoms with Crippen LogP contribution in [-0.4, -0.2) is 113 Å². The van der Waals surface area contributed by atoms with Crippen LogP contribution in [0.5, 0.6) is 11.5 Å². The van der Waals surface area contributed by atoms with Crippen LogP contribution >= 0.6 is 8.53 Å². The average Bonchev–Trinajstić information content (AvgIpc) is 4.32. The van der Waals surface area contributed by atoms with Crippen molar-refractivity contribution in [3.05, 3.63) is 168 Å². The second kappa shape index (κ2) is 25.5. The quantitative estimate of drug-likeness (QED) is 0.0342. The second-order valence-corrected chi connectivity index (χ2v) is 21.2. The summed E-state index contributed by atoms with van der Waals surface area (Å²) >= 11 is 0. The number of ether oxygens (including phenoxy) is 5. The van der Waals surface area contributed by atoms with Crippen LogP contribution < -0.4 is 14.8 Å². The van der Waals surface area contributed by atoms with Crippen LogP contribution in [0.15, 0.2) is 140 Å². The first kappa shape index (κ1) is 55.5. The summed E-state index contributed by atoms with van der Waals surface area (Å²) in [6, 6.07) is 44.5. The fourth-order valence-corrected chi connectivity index (χ4v) is 12.1. The van der Waals surface area contributed by atoms with Gasteiger partial charge in [0.05, 0.1) is 58.6 Å². The van der Waals surface area contributed by atoms with Gasteiger partial charge in [0.2, 0.25) is 11.9 Å². The van der Waals surface area contributed by atoms with E-state index >= 15 is 0 Å². The Labute approximate surface area is 457 Å². The number of fused-ring (bicyclic) bond motifs is 4. The van der Waals surface area contributed by atoms with Crippen LogP contribution in [0.4, 0.5) is 10.7 Å². The van der Waals surface area contributed by atoms with Gasteiger partial charge in [0, 0.05) is 44.4 Å². The highest BCUT2D eigenvalue weighted by Crippen LogP contribution is 2.51. The molecule has 0 saturated carbocycles. The highest BCUT2D eigenvalue weighted by atomic mass is 31.2. The number of amides is 2. The summed E-state index contributed by atoms with van der Waals surface area (Å²) in [6.45, 7) is 9.13. The van der Waals surface area contributed by atoms with Crippen LogP contribution in [0, 0.1) is 11.3 Å². The number of carbonyl (C=O) groups excluding carboxylic acids is 2. The van der Waals surface area contributed by atoms with E-state index in [9.17, 15) is 14.9 Å². The Morgan fingerprint density at radius 1 is 0.821 bits per heavy atom. The first-order valence-corrected chi connectivity index (χ1v) is 27.5. The van der Waals surface area contributed by atoms with E-state index in [1.54, 1.807) is 33.8 Å². The highest BCUT2D eigenvalue weighted by Gasteiger charge is 2.45. The number of methoxy groups -OCH3 is 2. The number of benzene rings is 5. The van der Waals surface area contributed by atoms with Crippen LogP contribution in [0.2, 0.25) is 0 Å². The molecule has 1 aliphatic carbocycles. The predicted molar refractivity (Wildman–Crippen MR) is 298 cm³/mol. The molecule has 4 atom stereocenters. The molecule has 78 heavy (non-hydrogen) atoms. The monoisotopic (exact) mass is 1070 g/mol. The lowest BCUT2D eigenvalue weighted by molar-refractivity contribution is -0.116. The van der Waals surface area contributed by atoms with E-state index in [2.05, 4.69) is 78.0 Å². The summed E-state index contributed by atoms with van der Waals surface area (Å²) in [5.74, 6) is 1.12. The van der Waals surface area contributed by atoms with Crippen molar-refractivity contribution in [3.8, 4) is 28.7 Å². The maximum absolute atomic E-state index is 13.4. The summed E-state index contributed by atoms with van der Waals surface area (Å²) in [6.07, 6.45) is 1.86. The predicted octanol–water partition coefficient (Wildman–Crippen LogP) is 11.4. The molecule has 3 heterocycles. The lowest BCUT2D eigenvalue weighted by atomic mass is 9.80. The van der Waals surface area contributed by atoms with E-state index in [0.29, 0.717) is 42.0 Å². The van der Waals surface area contributed by atoms with Gasteiger partial charge in [-0.25, -0.2) is 19.4 Å². The van der Waals surface area contributed by atoms with Gasteiger partial charge >= 0.3 is 6.09 Å². The number of hydrogen-bond donors (Lipinski definition) is 1. The zero-order chi connectivity index (χ0) is 54.8. The third-order valence-corrected chi connectivity index (χ3v) is 16.3. The fraction of sp³-hybridized carbons (Fsp3) is 0.367. The Kier molecular flexibility index (Phi) is 18.1. The van der Waals surface area contributed by atoms with E-state index < -0.39 is 38.7 Å². The largest absolute Gasteiger partial charge is 0.497 e. The Bertz CT molecular complexity index is 3070. The third kappa shape index (κ3) is 12.2. The van der Waals surface area contributed by atoms with Crippen molar-refractivity contribution in [1.29, 1.82) is 5.26 Å². The Hall–Kier alpha value is -7.29. The number of nitriles is 1.